The summed E-state index contributed by atoms with van der Waals surface area (Å²) in [6.45, 7) is 2.17. The Hall–Kier alpha value is -2.87. The molecule has 2 aromatic carbocycles. The molecule has 8 heteroatoms. The Morgan fingerprint density at radius 2 is 1.86 bits per heavy atom. The molecule has 0 radical (unpaired) electrons. The molecular formula is C20H18F2N2O3S. The summed E-state index contributed by atoms with van der Waals surface area (Å²) in [5.74, 6) is -0.573. The number of benzene rings is 2. The summed E-state index contributed by atoms with van der Waals surface area (Å²) in [6.07, 6.45) is 1.71. The Morgan fingerprint density at radius 3 is 2.50 bits per heavy atom. The second-order valence-electron chi connectivity index (χ2n) is 5.76. The van der Waals surface area contributed by atoms with Gasteiger partial charge in [-0.15, -0.1) is 0 Å². The topological polar surface area (TPSA) is 51.1 Å². The molecule has 0 spiro atoms. The molecule has 1 aliphatic heterocycles. The van der Waals surface area contributed by atoms with E-state index in [-0.39, 0.29) is 11.6 Å². The molecule has 28 heavy (non-hydrogen) atoms. The first-order chi connectivity index (χ1) is 13.5. The van der Waals surface area contributed by atoms with Gasteiger partial charge >= 0.3 is 0 Å². The van der Waals surface area contributed by atoms with Crippen molar-refractivity contribution in [3.8, 4) is 11.5 Å². The number of carbonyl (C=O) groups is 1. The maximum Gasteiger partial charge on any atom is 0.266 e. The van der Waals surface area contributed by atoms with Gasteiger partial charge in [0.15, 0.2) is 22.5 Å². The number of methoxy groups -OCH3 is 2. The number of aliphatic imine (C=N–C) groups is 1. The Bertz CT molecular complexity index is 976. The van der Waals surface area contributed by atoms with Crippen LogP contribution in [0.2, 0.25) is 0 Å². The zero-order valence-electron chi connectivity index (χ0n) is 15.5. The first kappa shape index (κ1) is 19.9. The smallest absolute Gasteiger partial charge is 0.266 e. The van der Waals surface area contributed by atoms with Crippen molar-refractivity contribution in [1.29, 1.82) is 0 Å². The molecule has 1 heterocycles. The van der Waals surface area contributed by atoms with Crippen molar-refractivity contribution < 1.29 is 23.0 Å². The lowest BCUT2D eigenvalue weighted by Gasteiger charge is -2.12. The molecule has 5 nitrogen and oxygen atoms in total. The molecule has 1 fully saturated rings. The molecule has 0 saturated carbocycles. The van der Waals surface area contributed by atoms with Gasteiger partial charge in [-0.3, -0.25) is 9.69 Å². The molecule has 2 aromatic rings. The predicted molar refractivity (Wildman–Crippen MR) is 106 cm³/mol. The van der Waals surface area contributed by atoms with Crippen molar-refractivity contribution in [2.24, 2.45) is 4.99 Å². The monoisotopic (exact) mass is 404 g/mol. The van der Waals surface area contributed by atoms with Crippen LogP contribution >= 0.6 is 11.8 Å². The summed E-state index contributed by atoms with van der Waals surface area (Å²) < 4.78 is 37.5. The number of nitrogens with zero attached hydrogens (tertiary/aromatic N) is 2. The van der Waals surface area contributed by atoms with E-state index in [2.05, 4.69) is 4.99 Å². The van der Waals surface area contributed by atoms with Crippen molar-refractivity contribution in [2.45, 2.75) is 6.92 Å². The van der Waals surface area contributed by atoms with Crippen LogP contribution in [0.5, 0.6) is 11.5 Å². The van der Waals surface area contributed by atoms with E-state index in [0.717, 1.165) is 29.5 Å². The average Bonchev–Trinajstić information content (AvgIpc) is 2.98. The fraction of sp³-hybridized carbons (Fsp3) is 0.200. The molecule has 0 N–H and O–H groups in total. The van der Waals surface area contributed by atoms with E-state index in [1.807, 2.05) is 0 Å². The van der Waals surface area contributed by atoms with Gasteiger partial charge in [0.1, 0.15) is 11.5 Å². The molecule has 3 rings (SSSR count). The number of halogens is 2. The van der Waals surface area contributed by atoms with Crippen molar-refractivity contribution in [3.63, 3.8) is 0 Å². The molecule has 0 atom stereocenters. The Kier molecular flexibility index (Phi) is 5.99. The van der Waals surface area contributed by atoms with Crippen LogP contribution in [0.1, 0.15) is 12.5 Å². The number of ether oxygens (including phenoxy) is 2. The summed E-state index contributed by atoms with van der Waals surface area (Å²) >= 11 is 1.13. The summed E-state index contributed by atoms with van der Waals surface area (Å²) in [5, 5.41) is 0.338. The minimum Gasteiger partial charge on any atom is -0.493 e. The van der Waals surface area contributed by atoms with Crippen LogP contribution in [0.25, 0.3) is 6.08 Å². The fourth-order valence-electron chi connectivity index (χ4n) is 2.64. The lowest BCUT2D eigenvalue weighted by atomic mass is 10.2. The van der Waals surface area contributed by atoms with E-state index in [1.54, 1.807) is 38.3 Å². The van der Waals surface area contributed by atoms with Crippen molar-refractivity contribution >= 4 is 34.6 Å². The molecule has 0 aliphatic carbocycles. The summed E-state index contributed by atoms with van der Waals surface area (Å²) in [5.41, 5.74) is 0.723. The van der Waals surface area contributed by atoms with Crippen LogP contribution in [0.15, 0.2) is 46.3 Å². The SMILES string of the molecule is CCN1C(=O)/C(=C\c2ccc(OC)c(OC)c2)SC1=Nc1ccc(F)cc1F. The third-order valence-electron chi connectivity index (χ3n) is 4.04. The van der Waals surface area contributed by atoms with Crippen molar-refractivity contribution in [3.05, 3.63) is 58.5 Å². The lowest BCUT2D eigenvalue weighted by molar-refractivity contribution is -0.122. The first-order valence-electron chi connectivity index (χ1n) is 8.44. The number of hydrogen-bond donors (Lipinski definition) is 0. The van der Waals surface area contributed by atoms with Gasteiger partial charge in [0.2, 0.25) is 0 Å². The third-order valence-corrected chi connectivity index (χ3v) is 5.04. The van der Waals surface area contributed by atoms with Gasteiger partial charge in [0.05, 0.1) is 19.1 Å². The number of amidine groups is 1. The summed E-state index contributed by atoms with van der Waals surface area (Å²) in [7, 11) is 3.08. The fourth-order valence-corrected chi connectivity index (χ4v) is 3.69. The molecular weight excluding hydrogens is 386 g/mol. The van der Waals surface area contributed by atoms with Gasteiger partial charge in [-0.05, 0) is 54.6 Å². The molecule has 0 unspecified atom stereocenters. The number of rotatable bonds is 5. The van der Waals surface area contributed by atoms with Gasteiger partial charge in [-0.25, -0.2) is 13.8 Å². The maximum absolute atomic E-state index is 13.9. The lowest BCUT2D eigenvalue weighted by Crippen LogP contribution is -2.28. The first-order valence-corrected chi connectivity index (χ1v) is 9.25. The second kappa shape index (κ2) is 8.43. The zero-order chi connectivity index (χ0) is 20.3. The number of carbonyl (C=O) groups excluding carboxylic acids is 1. The Balaban J connectivity index is 1.95. The minimum atomic E-state index is -0.783. The Morgan fingerprint density at radius 1 is 1.11 bits per heavy atom. The molecule has 146 valence electrons. The van der Waals surface area contributed by atoms with E-state index >= 15 is 0 Å². The highest BCUT2D eigenvalue weighted by molar-refractivity contribution is 8.18. The van der Waals surface area contributed by atoms with Gasteiger partial charge in [0, 0.05) is 12.6 Å². The molecule has 1 amide bonds. The van der Waals surface area contributed by atoms with E-state index in [4.69, 9.17) is 9.47 Å². The van der Waals surface area contributed by atoms with Crippen LogP contribution in [0, 0.1) is 11.6 Å². The quantitative estimate of drug-likeness (QED) is 0.683. The van der Waals surface area contributed by atoms with Crippen molar-refractivity contribution in [2.75, 3.05) is 20.8 Å². The van der Waals surface area contributed by atoms with E-state index < -0.39 is 11.6 Å². The standard InChI is InChI=1S/C20H18F2N2O3S/c1-4-24-19(25)18(10-12-5-8-16(26-2)17(9-12)27-3)28-20(24)23-15-7-6-13(21)11-14(15)22/h5-11H,4H2,1-3H3/b18-10+,23-20?. The summed E-state index contributed by atoms with van der Waals surface area (Å²) in [6, 6.07) is 8.43. The van der Waals surface area contributed by atoms with Crippen LogP contribution in [0.3, 0.4) is 0 Å². The average molecular weight is 404 g/mol. The number of likely N-dealkylation sites (N-methyl/N-ethyl adjacent to an activating group) is 1. The summed E-state index contributed by atoms with van der Waals surface area (Å²) in [4.78, 5) is 18.8. The largest absolute Gasteiger partial charge is 0.493 e. The van der Waals surface area contributed by atoms with Gasteiger partial charge in [0.25, 0.3) is 5.91 Å². The maximum atomic E-state index is 13.9. The van der Waals surface area contributed by atoms with Crippen LogP contribution in [-0.2, 0) is 4.79 Å². The third kappa shape index (κ3) is 4.01. The number of hydrogen-bond acceptors (Lipinski definition) is 5. The van der Waals surface area contributed by atoms with Gasteiger partial charge in [-0.2, -0.15) is 0 Å². The van der Waals surface area contributed by atoms with Crippen molar-refractivity contribution in [1.82, 2.24) is 4.90 Å². The van der Waals surface area contributed by atoms with Crippen LogP contribution in [-0.4, -0.2) is 36.7 Å². The Labute approximate surface area is 165 Å². The molecule has 0 aromatic heterocycles. The van der Waals surface area contributed by atoms with Crippen LogP contribution in [0.4, 0.5) is 14.5 Å². The molecule has 1 saturated heterocycles. The highest BCUT2D eigenvalue weighted by atomic mass is 32.2. The highest BCUT2D eigenvalue weighted by Gasteiger charge is 2.32. The highest BCUT2D eigenvalue weighted by Crippen LogP contribution is 2.36. The normalized spacial score (nSPS) is 16.9. The molecule has 0 bridgehead atoms. The van der Waals surface area contributed by atoms with Gasteiger partial charge in [-0.1, -0.05) is 6.07 Å². The molecule has 1 aliphatic rings. The van der Waals surface area contributed by atoms with Crippen LogP contribution < -0.4 is 9.47 Å². The van der Waals surface area contributed by atoms with E-state index in [0.29, 0.717) is 28.1 Å². The predicted octanol–water partition coefficient (Wildman–Crippen LogP) is 4.61. The number of thioether (sulfide) groups is 1. The zero-order valence-corrected chi connectivity index (χ0v) is 16.3. The van der Waals surface area contributed by atoms with Gasteiger partial charge < -0.3 is 9.47 Å². The van der Waals surface area contributed by atoms with E-state index in [1.165, 1.54) is 18.1 Å². The minimum absolute atomic E-state index is 0.0254. The number of amides is 1. The van der Waals surface area contributed by atoms with E-state index in [9.17, 15) is 13.6 Å². The second-order valence-corrected chi connectivity index (χ2v) is 6.77.